The molecule has 0 radical (unpaired) electrons. The molecule has 3 aliphatic heterocycles. The Morgan fingerprint density at radius 3 is 2.88 bits per heavy atom. The molecule has 2 fully saturated rings. The fraction of sp³-hybridized carbons (Fsp3) is 0.500. The summed E-state index contributed by atoms with van der Waals surface area (Å²) in [6.45, 7) is 4.84. The van der Waals surface area contributed by atoms with E-state index in [1.54, 1.807) is 0 Å². The van der Waals surface area contributed by atoms with Gasteiger partial charge in [0.15, 0.2) is 0 Å². The van der Waals surface area contributed by atoms with Gasteiger partial charge in [0, 0.05) is 0 Å². The monoisotopic (exact) mass is 341 g/mol. The van der Waals surface area contributed by atoms with Gasteiger partial charge in [-0.3, -0.25) is 9.59 Å². The molecule has 5 nitrogen and oxygen atoms in total. The highest BCUT2D eigenvalue weighted by molar-refractivity contribution is 5.91. The van der Waals surface area contributed by atoms with Crippen molar-refractivity contribution >= 4 is 11.9 Å². The van der Waals surface area contributed by atoms with Gasteiger partial charge in [-0.15, -0.1) is 0 Å². The van der Waals surface area contributed by atoms with Crippen LogP contribution in [0.1, 0.15) is 31.9 Å². The number of ether oxygens (including phenoxy) is 2. The summed E-state index contributed by atoms with van der Waals surface area (Å²) in [4.78, 5) is 27.5. The Balaban J connectivity index is 1.60. The second kappa shape index (κ2) is 5.99. The SMILES string of the molecule is CCCOC(=O)[C@@H]1[C@H]2C(=O)N([C@H](C)c3ccccc3)C[C@]23C=C[C@H]1O3. The molecule has 0 saturated carbocycles. The fourth-order valence-electron chi connectivity index (χ4n) is 4.34. The molecule has 132 valence electrons. The number of hydrogen-bond acceptors (Lipinski definition) is 4. The Bertz CT molecular complexity index is 716. The van der Waals surface area contributed by atoms with Crippen LogP contribution in [0.5, 0.6) is 0 Å². The Kier molecular flexibility index (Phi) is 3.91. The van der Waals surface area contributed by atoms with E-state index in [-0.39, 0.29) is 24.0 Å². The van der Waals surface area contributed by atoms with E-state index in [1.165, 1.54) is 0 Å². The van der Waals surface area contributed by atoms with Crippen LogP contribution in [-0.4, -0.2) is 41.6 Å². The summed E-state index contributed by atoms with van der Waals surface area (Å²) < 4.78 is 11.4. The summed E-state index contributed by atoms with van der Waals surface area (Å²) in [5.41, 5.74) is 0.400. The summed E-state index contributed by atoms with van der Waals surface area (Å²) in [6.07, 6.45) is 4.31. The van der Waals surface area contributed by atoms with Crippen molar-refractivity contribution < 1.29 is 19.1 Å². The molecule has 0 aromatic heterocycles. The molecule has 1 spiro atoms. The predicted octanol–water partition coefficient (Wildman–Crippen LogP) is 2.48. The van der Waals surface area contributed by atoms with Crippen molar-refractivity contribution in [3.8, 4) is 0 Å². The molecule has 1 amide bonds. The Morgan fingerprint density at radius 2 is 2.16 bits per heavy atom. The van der Waals surface area contributed by atoms with Crippen LogP contribution in [0.4, 0.5) is 0 Å². The van der Waals surface area contributed by atoms with Gasteiger partial charge in [0.05, 0.1) is 31.2 Å². The van der Waals surface area contributed by atoms with Crippen LogP contribution in [0.25, 0.3) is 0 Å². The Labute approximate surface area is 147 Å². The van der Waals surface area contributed by atoms with Crippen LogP contribution in [0.15, 0.2) is 42.5 Å². The van der Waals surface area contributed by atoms with Gasteiger partial charge in [0.25, 0.3) is 0 Å². The normalized spacial score (nSPS) is 33.6. The molecule has 0 aliphatic carbocycles. The third-order valence-electron chi connectivity index (χ3n) is 5.60. The standard InChI is InChI=1S/C20H23NO4/c1-3-11-24-19(23)16-15-9-10-20(25-15)12-21(18(22)17(16)20)13(2)14-7-5-4-6-8-14/h4-10,13,15-17H,3,11-12H2,1-2H3/t13-,15-,16+,17+,20-/m1/s1. The van der Waals surface area contributed by atoms with Crippen LogP contribution < -0.4 is 0 Å². The number of hydrogen-bond donors (Lipinski definition) is 0. The zero-order valence-electron chi connectivity index (χ0n) is 14.6. The van der Waals surface area contributed by atoms with Gasteiger partial charge in [-0.2, -0.15) is 0 Å². The minimum absolute atomic E-state index is 0.0124. The van der Waals surface area contributed by atoms with Crippen molar-refractivity contribution in [1.82, 2.24) is 4.90 Å². The van der Waals surface area contributed by atoms with Crippen LogP contribution in [0.3, 0.4) is 0 Å². The van der Waals surface area contributed by atoms with Crippen molar-refractivity contribution in [2.45, 2.75) is 38.0 Å². The largest absolute Gasteiger partial charge is 0.465 e. The third-order valence-corrected chi connectivity index (χ3v) is 5.60. The maximum atomic E-state index is 13.2. The average Bonchev–Trinajstić information content (AvgIpc) is 3.28. The lowest BCUT2D eigenvalue weighted by Gasteiger charge is -2.27. The second-order valence-electron chi connectivity index (χ2n) is 7.12. The first-order chi connectivity index (χ1) is 12.1. The maximum Gasteiger partial charge on any atom is 0.312 e. The van der Waals surface area contributed by atoms with Gasteiger partial charge < -0.3 is 14.4 Å². The number of likely N-dealkylation sites (tertiary alicyclic amines) is 1. The van der Waals surface area contributed by atoms with E-state index in [9.17, 15) is 9.59 Å². The van der Waals surface area contributed by atoms with E-state index >= 15 is 0 Å². The summed E-state index contributed by atoms with van der Waals surface area (Å²) in [5.74, 6) is -1.33. The molecule has 25 heavy (non-hydrogen) atoms. The van der Waals surface area contributed by atoms with Crippen molar-refractivity contribution in [2.24, 2.45) is 11.8 Å². The zero-order valence-corrected chi connectivity index (χ0v) is 14.6. The molecule has 5 heteroatoms. The molecule has 2 saturated heterocycles. The lowest BCUT2D eigenvalue weighted by Crippen LogP contribution is -2.40. The molecule has 1 aromatic rings. The minimum Gasteiger partial charge on any atom is -0.465 e. The lowest BCUT2D eigenvalue weighted by atomic mass is 9.77. The van der Waals surface area contributed by atoms with Gasteiger partial charge >= 0.3 is 5.97 Å². The van der Waals surface area contributed by atoms with Crippen molar-refractivity contribution in [3.05, 3.63) is 48.0 Å². The average molecular weight is 341 g/mol. The van der Waals surface area contributed by atoms with Gasteiger partial charge in [-0.05, 0) is 18.9 Å². The smallest absolute Gasteiger partial charge is 0.312 e. The quantitative estimate of drug-likeness (QED) is 0.610. The molecule has 0 N–H and O–H groups in total. The predicted molar refractivity (Wildman–Crippen MR) is 91.5 cm³/mol. The first-order valence-electron chi connectivity index (χ1n) is 8.96. The van der Waals surface area contributed by atoms with Gasteiger partial charge in [-0.25, -0.2) is 0 Å². The molecule has 4 rings (SSSR count). The van der Waals surface area contributed by atoms with Crippen LogP contribution in [0.2, 0.25) is 0 Å². The van der Waals surface area contributed by atoms with Gasteiger partial charge in [-0.1, -0.05) is 49.4 Å². The van der Waals surface area contributed by atoms with E-state index < -0.39 is 17.4 Å². The highest BCUT2D eigenvalue weighted by atomic mass is 16.6. The highest BCUT2D eigenvalue weighted by Crippen LogP contribution is 2.53. The molecule has 1 aromatic carbocycles. The molecule has 0 unspecified atom stereocenters. The fourth-order valence-corrected chi connectivity index (χ4v) is 4.34. The Morgan fingerprint density at radius 1 is 1.40 bits per heavy atom. The summed E-state index contributed by atoms with van der Waals surface area (Å²) in [5, 5.41) is 0. The van der Waals surface area contributed by atoms with Crippen LogP contribution in [-0.2, 0) is 19.1 Å². The zero-order chi connectivity index (χ0) is 17.6. The molecule has 2 bridgehead atoms. The number of benzene rings is 1. The molecular weight excluding hydrogens is 318 g/mol. The lowest BCUT2D eigenvalue weighted by molar-refractivity contribution is -0.154. The minimum atomic E-state index is -0.680. The van der Waals surface area contributed by atoms with E-state index in [2.05, 4.69) is 0 Å². The van der Waals surface area contributed by atoms with Gasteiger partial charge in [0.2, 0.25) is 5.91 Å². The van der Waals surface area contributed by atoms with Crippen molar-refractivity contribution in [1.29, 1.82) is 0 Å². The maximum absolute atomic E-state index is 13.2. The van der Waals surface area contributed by atoms with Gasteiger partial charge in [0.1, 0.15) is 11.5 Å². The number of esters is 1. The number of nitrogens with zero attached hydrogens (tertiary/aromatic N) is 1. The van der Waals surface area contributed by atoms with Crippen LogP contribution in [0, 0.1) is 11.8 Å². The summed E-state index contributed by atoms with van der Waals surface area (Å²) in [6, 6.07) is 9.88. The number of carbonyl (C=O) groups excluding carboxylic acids is 2. The number of amides is 1. The first-order valence-corrected chi connectivity index (χ1v) is 8.96. The summed E-state index contributed by atoms with van der Waals surface area (Å²) in [7, 11) is 0. The molecular formula is C20H23NO4. The third kappa shape index (κ3) is 2.41. The highest BCUT2D eigenvalue weighted by Gasteiger charge is 2.67. The number of fused-ring (bicyclic) bond motifs is 1. The summed E-state index contributed by atoms with van der Waals surface area (Å²) >= 11 is 0. The Hall–Kier alpha value is -2.14. The van der Waals surface area contributed by atoms with Crippen LogP contribution >= 0.6 is 0 Å². The molecule has 5 atom stereocenters. The number of carbonyl (C=O) groups is 2. The number of rotatable bonds is 5. The van der Waals surface area contributed by atoms with E-state index in [0.29, 0.717) is 13.2 Å². The molecule has 3 heterocycles. The van der Waals surface area contributed by atoms with E-state index in [0.717, 1.165) is 12.0 Å². The van der Waals surface area contributed by atoms with Crippen molar-refractivity contribution in [3.63, 3.8) is 0 Å². The van der Waals surface area contributed by atoms with E-state index in [4.69, 9.17) is 9.47 Å². The second-order valence-corrected chi connectivity index (χ2v) is 7.12. The molecule has 3 aliphatic rings. The first kappa shape index (κ1) is 16.3. The topological polar surface area (TPSA) is 55.8 Å². The van der Waals surface area contributed by atoms with Crippen molar-refractivity contribution in [2.75, 3.05) is 13.2 Å². The van der Waals surface area contributed by atoms with E-state index in [1.807, 2.05) is 61.2 Å².